The Morgan fingerprint density at radius 2 is 2.00 bits per heavy atom. The molecule has 0 saturated carbocycles. The van der Waals surface area contributed by atoms with Gasteiger partial charge in [-0.2, -0.15) is 0 Å². The minimum Gasteiger partial charge on any atom is -0.485 e. The predicted octanol–water partition coefficient (Wildman–Crippen LogP) is 4.57. The summed E-state index contributed by atoms with van der Waals surface area (Å²) >= 11 is 12.0. The Morgan fingerprint density at radius 1 is 1.25 bits per heavy atom. The highest BCUT2D eigenvalue weighted by molar-refractivity contribution is 6.31. The summed E-state index contributed by atoms with van der Waals surface area (Å²) in [6.45, 7) is 4.45. The zero-order valence-electron chi connectivity index (χ0n) is 11.4. The van der Waals surface area contributed by atoms with Crippen molar-refractivity contribution < 1.29 is 4.74 Å². The molecule has 0 fully saturated rings. The van der Waals surface area contributed by atoms with Crippen LogP contribution < -0.4 is 4.74 Å². The molecule has 2 rings (SSSR count). The fourth-order valence-electron chi connectivity index (χ4n) is 1.69. The van der Waals surface area contributed by atoms with Crippen LogP contribution in [0.4, 0.5) is 0 Å². The summed E-state index contributed by atoms with van der Waals surface area (Å²) in [4.78, 5) is 8.72. The quantitative estimate of drug-likeness (QED) is 0.759. The summed E-state index contributed by atoms with van der Waals surface area (Å²) in [6, 6.07) is 7.56. The molecule has 0 N–H and O–H groups in total. The van der Waals surface area contributed by atoms with Crippen LogP contribution in [0, 0.1) is 0 Å². The third kappa shape index (κ3) is 3.62. The van der Waals surface area contributed by atoms with Crippen molar-refractivity contribution in [3.05, 3.63) is 52.6 Å². The van der Waals surface area contributed by atoms with Gasteiger partial charge in [0.05, 0.1) is 12.1 Å². The smallest absolute Gasteiger partial charge is 0.160 e. The topological polar surface area (TPSA) is 35.0 Å². The summed E-state index contributed by atoms with van der Waals surface area (Å²) in [5.41, 5.74) is 1.63. The van der Waals surface area contributed by atoms with Crippen molar-refractivity contribution in [1.29, 1.82) is 0 Å². The van der Waals surface area contributed by atoms with E-state index in [9.17, 15) is 0 Å². The van der Waals surface area contributed by atoms with E-state index in [1.807, 2.05) is 38.1 Å². The second kappa shape index (κ2) is 6.91. The Balaban J connectivity index is 2.15. The van der Waals surface area contributed by atoms with Crippen molar-refractivity contribution in [1.82, 2.24) is 9.97 Å². The number of rotatable bonds is 5. The molecular weight excluding hydrogens is 295 g/mol. The van der Waals surface area contributed by atoms with E-state index in [-0.39, 0.29) is 5.92 Å². The van der Waals surface area contributed by atoms with Gasteiger partial charge in [-0.3, -0.25) is 0 Å². The van der Waals surface area contributed by atoms with Crippen LogP contribution >= 0.6 is 23.2 Å². The largest absolute Gasteiger partial charge is 0.485 e. The Labute approximate surface area is 128 Å². The first-order valence-electron chi connectivity index (χ1n) is 6.39. The van der Waals surface area contributed by atoms with E-state index in [0.717, 1.165) is 11.4 Å². The van der Waals surface area contributed by atoms with Gasteiger partial charge in [-0.1, -0.05) is 43.6 Å². The lowest BCUT2D eigenvalue weighted by Gasteiger charge is -2.12. The van der Waals surface area contributed by atoms with Gasteiger partial charge >= 0.3 is 0 Å². The summed E-state index contributed by atoms with van der Waals surface area (Å²) in [5, 5.41) is 0.680. The molecule has 2 aromatic rings. The first-order valence-corrected chi connectivity index (χ1v) is 7.31. The van der Waals surface area contributed by atoms with E-state index in [4.69, 9.17) is 27.9 Å². The first-order chi connectivity index (χ1) is 9.61. The molecule has 3 nitrogen and oxygen atoms in total. The van der Waals surface area contributed by atoms with Crippen LogP contribution in [-0.4, -0.2) is 9.97 Å². The van der Waals surface area contributed by atoms with Crippen LogP contribution in [0.25, 0.3) is 0 Å². The summed E-state index contributed by atoms with van der Waals surface area (Å²) in [5.74, 6) is 1.92. The van der Waals surface area contributed by atoms with Crippen molar-refractivity contribution >= 4 is 23.2 Å². The molecule has 106 valence electrons. The molecule has 0 bridgehead atoms. The highest BCUT2D eigenvalue weighted by atomic mass is 35.5. The van der Waals surface area contributed by atoms with Gasteiger partial charge in [0.15, 0.2) is 5.75 Å². The maximum Gasteiger partial charge on any atom is 0.160 e. The maximum atomic E-state index is 6.09. The second-order valence-electron chi connectivity index (χ2n) is 4.71. The lowest BCUT2D eigenvalue weighted by Crippen LogP contribution is -2.05. The Bertz CT molecular complexity index is 588. The Hall–Kier alpha value is -1.32. The molecule has 5 heteroatoms. The minimum atomic E-state index is 0.259. The van der Waals surface area contributed by atoms with Crippen LogP contribution in [0.1, 0.15) is 36.8 Å². The summed E-state index contributed by atoms with van der Waals surface area (Å²) in [6.07, 6.45) is 1.68. The lowest BCUT2D eigenvalue weighted by molar-refractivity contribution is 0.300. The monoisotopic (exact) mass is 310 g/mol. The van der Waals surface area contributed by atoms with Gasteiger partial charge in [0.1, 0.15) is 18.1 Å². The van der Waals surface area contributed by atoms with Gasteiger partial charge in [-0.05, 0) is 6.07 Å². The normalized spacial score (nSPS) is 10.8. The molecule has 0 aliphatic heterocycles. The second-order valence-corrected chi connectivity index (χ2v) is 5.38. The van der Waals surface area contributed by atoms with Crippen molar-refractivity contribution in [2.24, 2.45) is 0 Å². The lowest BCUT2D eigenvalue weighted by atomic mass is 10.2. The van der Waals surface area contributed by atoms with E-state index in [2.05, 4.69) is 9.97 Å². The molecule has 0 radical (unpaired) electrons. The molecule has 0 aliphatic carbocycles. The molecule has 20 heavy (non-hydrogen) atoms. The number of hydrogen-bond acceptors (Lipinski definition) is 3. The highest BCUT2D eigenvalue weighted by Crippen LogP contribution is 2.23. The summed E-state index contributed by atoms with van der Waals surface area (Å²) in [7, 11) is 0. The fraction of sp³-hybridized carbons (Fsp3) is 0.333. The van der Waals surface area contributed by atoms with E-state index in [0.29, 0.717) is 29.0 Å². The number of aromatic nitrogens is 2. The van der Waals surface area contributed by atoms with Crippen LogP contribution in [-0.2, 0) is 12.5 Å². The van der Waals surface area contributed by atoms with E-state index >= 15 is 0 Å². The average molecular weight is 311 g/mol. The molecule has 0 unspecified atom stereocenters. The first kappa shape index (κ1) is 15.1. The number of nitrogens with zero attached hydrogens (tertiary/aromatic N) is 2. The van der Waals surface area contributed by atoms with Crippen molar-refractivity contribution in [2.45, 2.75) is 32.3 Å². The number of hydrogen-bond donors (Lipinski definition) is 0. The molecule has 1 heterocycles. The van der Waals surface area contributed by atoms with Crippen LogP contribution in [0.2, 0.25) is 5.02 Å². The molecular formula is C15H16Cl2N2O. The highest BCUT2D eigenvalue weighted by Gasteiger charge is 2.10. The molecule has 0 atom stereocenters. The van der Waals surface area contributed by atoms with Gasteiger partial charge < -0.3 is 4.74 Å². The number of halogens is 2. The molecule has 1 aromatic carbocycles. The fourth-order valence-corrected chi connectivity index (χ4v) is 2.07. The predicted molar refractivity (Wildman–Crippen MR) is 81.5 cm³/mol. The molecule has 1 aromatic heterocycles. The maximum absolute atomic E-state index is 6.09. The Kier molecular flexibility index (Phi) is 5.21. The molecule has 0 saturated heterocycles. The standard InChI is InChI=1S/C15H16Cl2N2O/c1-10(2)15-18-8-14(13(7-16)19-15)20-9-11-5-3-4-6-12(11)17/h3-6,8,10H,7,9H2,1-2H3. The zero-order valence-corrected chi connectivity index (χ0v) is 12.9. The zero-order chi connectivity index (χ0) is 14.5. The van der Waals surface area contributed by atoms with Gasteiger partial charge in [0.2, 0.25) is 0 Å². The van der Waals surface area contributed by atoms with Gasteiger partial charge in [0.25, 0.3) is 0 Å². The van der Waals surface area contributed by atoms with Crippen molar-refractivity contribution in [3.8, 4) is 5.75 Å². The van der Waals surface area contributed by atoms with Crippen LogP contribution in [0.5, 0.6) is 5.75 Å². The molecule has 0 spiro atoms. The molecule has 0 aliphatic rings. The van der Waals surface area contributed by atoms with Gasteiger partial charge in [0, 0.05) is 16.5 Å². The third-order valence-corrected chi connectivity index (χ3v) is 3.45. The van der Waals surface area contributed by atoms with E-state index in [1.165, 1.54) is 0 Å². The number of benzene rings is 1. The van der Waals surface area contributed by atoms with Gasteiger partial charge in [-0.25, -0.2) is 9.97 Å². The van der Waals surface area contributed by atoms with E-state index in [1.54, 1.807) is 6.20 Å². The van der Waals surface area contributed by atoms with Crippen molar-refractivity contribution in [2.75, 3.05) is 0 Å². The minimum absolute atomic E-state index is 0.259. The molecule has 0 amide bonds. The SMILES string of the molecule is CC(C)c1ncc(OCc2ccccc2Cl)c(CCl)n1. The van der Waals surface area contributed by atoms with Crippen LogP contribution in [0.3, 0.4) is 0 Å². The summed E-state index contributed by atoms with van der Waals surface area (Å²) < 4.78 is 5.74. The van der Waals surface area contributed by atoms with E-state index < -0.39 is 0 Å². The average Bonchev–Trinajstić information content (AvgIpc) is 2.46. The number of alkyl halides is 1. The Morgan fingerprint density at radius 3 is 2.65 bits per heavy atom. The third-order valence-electron chi connectivity index (χ3n) is 2.83. The van der Waals surface area contributed by atoms with Crippen LogP contribution in [0.15, 0.2) is 30.5 Å². The van der Waals surface area contributed by atoms with Gasteiger partial charge in [-0.15, -0.1) is 11.6 Å². The number of ether oxygens (including phenoxy) is 1. The van der Waals surface area contributed by atoms with Crippen molar-refractivity contribution in [3.63, 3.8) is 0 Å².